The normalized spacial score (nSPS) is 17.6. The molecule has 0 saturated carbocycles. The van der Waals surface area contributed by atoms with Gasteiger partial charge in [-0.1, -0.05) is 55.0 Å². The van der Waals surface area contributed by atoms with Crippen LogP contribution in [-0.4, -0.2) is 56.8 Å². The minimum atomic E-state index is -0.606. The number of rotatable bonds is 8. The number of nitrogens with zero attached hydrogens (tertiary/aromatic N) is 6. The van der Waals surface area contributed by atoms with Crippen LogP contribution in [0.3, 0.4) is 0 Å². The molecule has 11 heteroatoms. The van der Waals surface area contributed by atoms with Gasteiger partial charge in [0.2, 0.25) is 11.8 Å². The molecule has 1 atom stereocenters. The van der Waals surface area contributed by atoms with Gasteiger partial charge in [-0.25, -0.2) is 0 Å². The molecule has 2 saturated heterocycles. The van der Waals surface area contributed by atoms with E-state index in [2.05, 4.69) is 20.1 Å². The molecule has 2 aromatic heterocycles. The maximum Gasteiger partial charge on any atom is 0.302 e. The van der Waals surface area contributed by atoms with Gasteiger partial charge in [0.05, 0.1) is 23.6 Å². The minimum absolute atomic E-state index is 0.0174. The van der Waals surface area contributed by atoms with Crippen LogP contribution >= 0.6 is 11.8 Å². The average molecular weight is 621 g/mol. The van der Waals surface area contributed by atoms with E-state index in [9.17, 15) is 14.7 Å². The smallest absolute Gasteiger partial charge is 0.302 e. The van der Waals surface area contributed by atoms with E-state index in [1.54, 1.807) is 28.9 Å². The molecule has 10 nitrogen and oxygen atoms in total. The first-order valence-corrected chi connectivity index (χ1v) is 16.1. The molecular weight excluding hydrogens is 588 g/mol. The summed E-state index contributed by atoms with van der Waals surface area (Å²) in [5, 5.41) is 20.5. The highest BCUT2D eigenvalue weighted by Gasteiger charge is 2.35. The number of anilines is 1. The van der Waals surface area contributed by atoms with Crippen LogP contribution in [-0.2, 0) is 16.3 Å². The van der Waals surface area contributed by atoms with E-state index < -0.39 is 5.91 Å². The summed E-state index contributed by atoms with van der Waals surface area (Å²) < 4.78 is 7.72. The van der Waals surface area contributed by atoms with Gasteiger partial charge in [-0.2, -0.15) is 0 Å². The largest absolute Gasteiger partial charge is 0.493 e. The SMILES string of the molecule is O=C(COc1ccc(N2C(=O)CSC2c2ccccc2)c2cccnc12)N=Nc1c(O)n(CN2CCCCC2)c2ccccc12. The number of likely N-dealkylation sites (tertiary alicyclic amines) is 1. The fourth-order valence-corrected chi connectivity index (χ4v) is 7.26. The third-order valence-corrected chi connectivity index (χ3v) is 9.45. The lowest BCUT2D eigenvalue weighted by Crippen LogP contribution is -2.31. The summed E-state index contributed by atoms with van der Waals surface area (Å²) in [5.41, 5.74) is 3.41. The van der Waals surface area contributed by atoms with Crippen molar-refractivity contribution in [1.29, 1.82) is 0 Å². The highest BCUT2D eigenvalue weighted by atomic mass is 32.2. The number of thioether (sulfide) groups is 1. The molecule has 5 aromatic rings. The number of benzene rings is 3. The second-order valence-corrected chi connectivity index (χ2v) is 12.2. The van der Waals surface area contributed by atoms with Crippen molar-refractivity contribution in [2.24, 2.45) is 10.2 Å². The Kier molecular flexibility index (Phi) is 8.19. The number of aromatic hydroxyl groups is 1. The molecule has 2 aliphatic rings. The Bertz CT molecular complexity index is 1900. The highest BCUT2D eigenvalue weighted by Crippen LogP contribution is 2.45. The number of para-hydroxylation sites is 1. The minimum Gasteiger partial charge on any atom is -0.493 e. The third kappa shape index (κ3) is 5.76. The highest BCUT2D eigenvalue weighted by molar-refractivity contribution is 8.00. The number of aromatic nitrogens is 2. The first-order valence-electron chi connectivity index (χ1n) is 15.0. The standard InChI is InChI=1S/C34H32N6O4S/c41-29(36-37-32-24-12-5-6-14-26(24)39(33(32)43)22-38-18-7-2-8-19-38)20-44-28-16-15-27(25-13-9-17-35-31(25)28)40-30(42)21-45-34(40)23-10-3-1-4-11-23/h1,3-6,9-17,34,43H,2,7-8,18-22H2. The molecule has 2 amide bonds. The molecule has 2 fully saturated rings. The topological polar surface area (TPSA) is 113 Å². The summed E-state index contributed by atoms with van der Waals surface area (Å²) in [4.78, 5) is 34.6. The van der Waals surface area contributed by atoms with Crippen molar-refractivity contribution in [2.45, 2.75) is 31.3 Å². The Hall–Kier alpha value is -4.74. The molecule has 1 N–H and O–H groups in total. The van der Waals surface area contributed by atoms with Crippen LogP contribution in [0.4, 0.5) is 11.4 Å². The predicted molar refractivity (Wildman–Crippen MR) is 175 cm³/mol. The first-order chi connectivity index (χ1) is 22.1. The van der Waals surface area contributed by atoms with Gasteiger partial charge in [0.1, 0.15) is 16.6 Å². The van der Waals surface area contributed by atoms with E-state index in [4.69, 9.17) is 4.74 Å². The number of piperidine rings is 1. The van der Waals surface area contributed by atoms with Gasteiger partial charge in [0.15, 0.2) is 12.3 Å². The van der Waals surface area contributed by atoms with Gasteiger partial charge in [0, 0.05) is 17.0 Å². The van der Waals surface area contributed by atoms with Crippen molar-refractivity contribution in [3.8, 4) is 11.6 Å². The second kappa shape index (κ2) is 12.7. The zero-order valence-electron chi connectivity index (χ0n) is 24.6. The van der Waals surface area contributed by atoms with E-state index in [1.807, 2.05) is 77.4 Å². The lowest BCUT2D eigenvalue weighted by Gasteiger charge is -2.27. The molecule has 2 aliphatic heterocycles. The van der Waals surface area contributed by atoms with Crippen molar-refractivity contribution < 1.29 is 19.4 Å². The van der Waals surface area contributed by atoms with Crippen LogP contribution in [0.5, 0.6) is 11.6 Å². The van der Waals surface area contributed by atoms with E-state index >= 15 is 0 Å². The van der Waals surface area contributed by atoms with E-state index in [-0.39, 0.29) is 29.5 Å². The van der Waals surface area contributed by atoms with Crippen LogP contribution in [0.1, 0.15) is 30.2 Å². The van der Waals surface area contributed by atoms with Crippen LogP contribution in [0.2, 0.25) is 0 Å². The Balaban J connectivity index is 1.10. The molecule has 1 unspecified atom stereocenters. The third-order valence-electron chi connectivity index (χ3n) is 8.24. The summed E-state index contributed by atoms with van der Waals surface area (Å²) in [6, 6.07) is 24.8. The van der Waals surface area contributed by atoms with E-state index in [1.165, 1.54) is 6.42 Å². The fourth-order valence-electron chi connectivity index (χ4n) is 6.10. The van der Waals surface area contributed by atoms with Gasteiger partial charge in [-0.3, -0.25) is 28.9 Å². The number of azo groups is 1. The molecule has 45 heavy (non-hydrogen) atoms. The maximum atomic E-state index is 13.1. The molecule has 0 spiro atoms. The number of fused-ring (bicyclic) bond motifs is 2. The van der Waals surface area contributed by atoms with Gasteiger partial charge >= 0.3 is 5.91 Å². The zero-order valence-corrected chi connectivity index (χ0v) is 25.4. The Morgan fingerprint density at radius 2 is 1.73 bits per heavy atom. The predicted octanol–water partition coefficient (Wildman–Crippen LogP) is 6.81. The van der Waals surface area contributed by atoms with Crippen molar-refractivity contribution in [3.05, 3.63) is 90.6 Å². The zero-order chi connectivity index (χ0) is 30.8. The fraction of sp³-hybridized carbons (Fsp3) is 0.265. The van der Waals surface area contributed by atoms with Gasteiger partial charge in [-0.05, 0) is 61.8 Å². The van der Waals surface area contributed by atoms with Crippen molar-refractivity contribution in [2.75, 3.05) is 30.3 Å². The lowest BCUT2D eigenvalue weighted by atomic mass is 10.1. The number of pyridine rings is 1. The summed E-state index contributed by atoms with van der Waals surface area (Å²) in [6.45, 7) is 2.13. The maximum absolute atomic E-state index is 13.1. The number of amides is 2. The van der Waals surface area contributed by atoms with E-state index in [0.29, 0.717) is 23.7 Å². The van der Waals surface area contributed by atoms with Crippen LogP contribution in [0, 0.1) is 0 Å². The lowest BCUT2D eigenvalue weighted by molar-refractivity contribution is -0.120. The van der Waals surface area contributed by atoms with Crippen LogP contribution in [0.15, 0.2) is 95.3 Å². The molecule has 3 aromatic carbocycles. The van der Waals surface area contributed by atoms with Crippen LogP contribution in [0.25, 0.3) is 21.8 Å². The summed E-state index contributed by atoms with van der Waals surface area (Å²) in [5.74, 6) is 0.170. The number of carbonyl (C=O) groups excluding carboxylic acids is 2. The molecule has 4 heterocycles. The Morgan fingerprint density at radius 1 is 0.956 bits per heavy atom. The molecule has 228 valence electrons. The molecule has 0 bridgehead atoms. The number of hydrogen-bond donors (Lipinski definition) is 1. The molecule has 0 radical (unpaired) electrons. The van der Waals surface area contributed by atoms with Gasteiger partial charge in [-0.15, -0.1) is 22.0 Å². The van der Waals surface area contributed by atoms with Gasteiger partial charge < -0.3 is 9.84 Å². The first kappa shape index (κ1) is 29.0. The summed E-state index contributed by atoms with van der Waals surface area (Å²) >= 11 is 1.58. The Labute approximate surface area is 264 Å². The number of ether oxygens (including phenoxy) is 1. The second-order valence-electron chi connectivity index (χ2n) is 11.1. The van der Waals surface area contributed by atoms with Crippen molar-refractivity contribution in [3.63, 3.8) is 0 Å². The monoisotopic (exact) mass is 620 g/mol. The Morgan fingerprint density at radius 3 is 2.58 bits per heavy atom. The van der Waals surface area contributed by atoms with Crippen LogP contribution < -0.4 is 9.64 Å². The quantitative estimate of drug-likeness (QED) is 0.190. The van der Waals surface area contributed by atoms with E-state index in [0.717, 1.165) is 53.5 Å². The molecule has 0 aliphatic carbocycles. The average Bonchev–Trinajstić information content (AvgIpc) is 3.59. The number of hydrogen-bond acceptors (Lipinski definition) is 8. The number of carbonyl (C=O) groups is 2. The van der Waals surface area contributed by atoms with Crippen molar-refractivity contribution in [1.82, 2.24) is 14.5 Å². The van der Waals surface area contributed by atoms with Crippen molar-refractivity contribution >= 4 is 56.8 Å². The van der Waals surface area contributed by atoms with Gasteiger partial charge in [0.25, 0.3) is 0 Å². The molecule has 7 rings (SSSR count). The summed E-state index contributed by atoms with van der Waals surface area (Å²) in [7, 11) is 0. The molecular formula is C34H32N6O4S. The summed E-state index contributed by atoms with van der Waals surface area (Å²) in [6.07, 6.45) is 5.15.